The standard InChI is InChI=1S/C15H19N3O2/c1-4-16-8-13-10(2)17-18(11(13)3)12-5-6-14-15(7-12)20-9-19-14/h5-7,16H,4,8-9H2,1-3H3. The maximum Gasteiger partial charge on any atom is 0.231 e. The first-order valence-electron chi connectivity index (χ1n) is 6.86. The highest BCUT2D eigenvalue weighted by molar-refractivity contribution is 5.50. The molecular weight excluding hydrogens is 254 g/mol. The molecular formula is C15H19N3O2. The molecule has 0 aliphatic carbocycles. The van der Waals surface area contributed by atoms with Gasteiger partial charge in [0.25, 0.3) is 0 Å². The monoisotopic (exact) mass is 273 g/mol. The summed E-state index contributed by atoms with van der Waals surface area (Å²) in [4.78, 5) is 0. The molecule has 3 rings (SSSR count). The molecule has 0 fully saturated rings. The molecule has 0 saturated carbocycles. The molecule has 5 nitrogen and oxygen atoms in total. The number of aryl methyl sites for hydroxylation is 1. The summed E-state index contributed by atoms with van der Waals surface area (Å²) in [5.41, 5.74) is 4.46. The van der Waals surface area contributed by atoms with Gasteiger partial charge in [-0.15, -0.1) is 0 Å². The molecule has 2 aromatic rings. The summed E-state index contributed by atoms with van der Waals surface area (Å²) in [6.45, 7) is 8.34. The van der Waals surface area contributed by atoms with Crippen molar-refractivity contribution in [3.63, 3.8) is 0 Å². The number of nitrogens with zero attached hydrogens (tertiary/aromatic N) is 2. The number of fused-ring (bicyclic) bond motifs is 1. The second-order valence-electron chi connectivity index (χ2n) is 4.88. The minimum Gasteiger partial charge on any atom is -0.454 e. The normalized spacial score (nSPS) is 12.9. The Hall–Kier alpha value is -2.01. The summed E-state index contributed by atoms with van der Waals surface area (Å²) in [6.07, 6.45) is 0. The van der Waals surface area contributed by atoms with Crippen LogP contribution in [0.1, 0.15) is 23.9 Å². The third kappa shape index (κ3) is 2.14. The van der Waals surface area contributed by atoms with Crippen LogP contribution in [0.2, 0.25) is 0 Å². The number of hydrogen-bond donors (Lipinski definition) is 1. The van der Waals surface area contributed by atoms with Crippen LogP contribution in [0.4, 0.5) is 0 Å². The van der Waals surface area contributed by atoms with Gasteiger partial charge in [-0.1, -0.05) is 6.92 Å². The Morgan fingerprint density at radius 1 is 1.25 bits per heavy atom. The average molecular weight is 273 g/mol. The second kappa shape index (κ2) is 5.17. The molecule has 0 bridgehead atoms. The molecule has 106 valence electrons. The number of rotatable bonds is 4. The molecule has 1 N–H and O–H groups in total. The first-order chi connectivity index (χ1) is 9.70. The topological polar surface area (TPSA) is 48.3 Å². The Morgan fingerprint density at radius 3 is 2.85 bits per heavy atom. The molecule has 0 amide bonds. The summed E-state index contributed by atoms with van der Waals surface area (Å²) in [6, 6.07) is 5.90. The van der Waals surface area contributed by atoms with Crippen LogP contribution >= 0.6 is 0 Å². The number of nitrogens with one attached hydrogen (secondary N) is 1. The van der Waals surface area contributed by atoms with E-state index in [0.717, 1.165) is 41.7 Å². The first-order valence-corrected chi connectivity index (χ1v) is 6.86. The summed E-state index contributed by atoms with van der Waals surface area (Å²) < 4.78 is 12.7. The Kier molecular flexibility index (Phi) is 3.36. The molecule has 0 saturated heterocycles. The molecule has 1 aromatic carbocycles. The van der Waals surface area contributed by atoms with Gasteiger partial charge in [0.15, 0.2) is 11.5 Å². The minimum absolute atomic E-state index is 0.293. The van der Waals surface area contributed by atoms with Crippen molar-refractivity contribution in [2.75, 3.05) is 13.3 Å². The van der Waals surface area contributed by atoms with Gasteiger partial charge in [0.05, 0.1) is 11.4 Å². The quantitative estimate of drug-likeness (QED) is 0.929. The molecule has 0 spiro atoms. The summed E-state index contributed by atoms with van der Waals surface area (Å²) in [5, 5.41) is 7.99. The molecule has 0 atom stereocenters. The lowest BCUT2D eigenvalue weighted by Gasteiger charge is -2.07. The van der Waals surface area contributed by atoms with Gasteiger partial charge in [-0.3, -0.25) is 0 Å². The molecule has 1 aromatic heterocycles. The SMILES string of the molecule is CCNCc1c(C)nn(-c2ccc3c(c2)OCO3)c1C. The van der Waals surface area contributed by atoms with E-state index in [4.69, 9.17) is 9.47 Å². The number of benzene rings is 1. The number of hydrogen-bond acceptors (Lipinski definition) is 4. The largest absolute Gasteiger partial charge is 0.454 e. The molecule has 0 unspecified atom stereocenters. The maximum absolute atomic E-state index is 5.43. The van der Waals surface area contributed by atoms with Crippen LogP contribution in [0, 0.1) is 13.8 Å². The summed E-state index contributed by atoms with van der Waals surface area (Å²) in [7, 11) is 0. The van der Waals surface area contributed by atoms with Crippen molar-refractivity contribution in [3.05, 3.63) is 35.2 Å². The molecule has 2 heterocycles. The lowest BCUT2D eigenvalue weighted by Crippen LogP contribution is -2.13. The fourth-order valence-electron chi connectivity index (χ4n) is 2.45. The van der Waals surface area contributed by atoms with Crippen molar-refractivity contribution >= 4 is 0 Å². The van der Waals surface area contributed by atoms with Crippen LogP contribution in [0.3, 0.4) is 0 Å². The molecule has 1 aliphatic heterocycles. The van der Waals surface area contributed by atoms with E-state index >= 15 is 0 Å². The van der Waals surface area contributed by atoms with Crippen LogP contribution in [0.15, 0.2) is 18.2 Å². The second-order valence-corrected chi connectivity index (χ2v) is 4.88. The fraction of sp³-hybridized carbons (Fsp3) is 0.400. The molecule has 0 radical (unpaired) electrons. The van der Waals surface area contributed by atoms with E-state index in [1.807, 2.05) is 29.8 Å². The van der Waals surface area contributed by atoms with Gasteiger partial charge in [0.1, 0.15) is 0 Å². The van der Waals surface area contributed by atoms with E-state index in [1.54, 1.807) is 0 Å². The molecule has 5 heteroatoms. The lowest BCUT2D eigenvalue weighted by molar-refractivity contribution is 0.174. The van der Waals surface area contributed by atoms with Crippen molar-refractivity contribution in [2.24, 2.45) is 0 Å². The van der Waals surface area contributed by atoms with Gasteiger partial charge >= 0.3 is 0 Å². The Bertz CT molecular complexity index is 634. The third-order valence-electron chi connectivity index (χ3n) is 3.59. The Labute approximate surface area is 118 Å². The van der Waals surface area contributed by atoms with Gasteiger partial charge in [-0.05, 0) is 32.5 Å². The van der Waals surface area contributed by atoms with Gasteiger partial charge in [0, 0.05) is 23.9 Å². The maximum atomic E-state index is 5.43. The third-order valence-corrected chi connectivity index (χ3v) is 3.59. The Balaban J connectivity index is 1.98. The number of aromatic nitrogens is 2. The van der Waals surface area contributed by atoms with Gasteiger partial charge in [-0.2, -0.15) is 5.10 Å². The van der Waals surface area contributed by atoms with Gasteiger partial charge in [0.2, 0.25) is 6.79 Å². The van der Waals surface area contributed by atoms with E-state index in [9.17, 15) is 0 Å². The highest BCUT2D eigenvalue weighted by Gasteiger charge is 2.17. The zero-order chi connectivity index (χ0) is 14.1. The summed E-state index contributed by atoms with van der Waals surface area (Å²) >= 11 is 0. The molecule has 20 heavy (non-hydrogen) atoms. The van der Waals surface area contributed by atoms with Gasteiger partial charge < -0.3 is 14.8 Å². The van der Waals surface area contributed by atoms with E-state index in [0.29, 0.717) is 6.79 Å². The predicted molar refractivity (Wildman–Crippen MR) is 76.5 cm³/mol. The Morgan fingerprint density at radius 2 is 2.05 bits per heavy atom. The van der Waals surface area contributed by atoms with Crippen molar-refractivity contribution in [2.45, 2.75) is 27.3 Å². The number of ether oxygens (including phenoxy) is 2. The van der Waals surface area contributed by atoms with Gasteiger partial charge in [-0.25, -0.2) is 4.68 Å². The fourth-order valence-corrected chi connectivity index (χ4v) is 2.45. The zero-order valence-corrected chi connectivity index (χ0v) is 12.1. The van der Waals surface area contributed by atoms with Crippen molar-refractivity contribution in [1.29, 1.82) is 0 Å². The first kappa shape index (κ1) is 13.0. The smallest absolute Gasteiger partial charge is 0.231 e. The van der Waals surface area contributed by atoms with Crippen molar-refractivity contribution < 1.29 is 9.47 Å². The van der Waals surface area contributed by atoms with Crippen molar-refractivity contribution in [1.82, 2.24) is 15.1 Å². The van der Waals surface area contributed by atoms with E-state index in [-0.39, 0.29) is 0 Å². The van der Waals surface area contributed by atoms with E-state index < -0.39 is 0 Å². The highest BCUT2D eigenvalue weighted by Crippen LogP contribution is 2.34. The lowest BCUT2D eigenvalue weighted by atomic mass is 10.2. The highest BCUT2D eigenvalue weighted by atomic mass is 16.7. The van der Waals surface area contributed by atoms with Crippen LogP contribution in [0.25, 0.3) is 5.69 Å². The van der Waals surface area contributed by atoms with Crippen LogP contribution in [-0.4, -0.2) is 23.1 Å². The summed E-state index contributed by atoms with van der Waals surface area (Å²) in [5.74, 6) is 1.58. The van der Waals surface area contributed by atoms with E-state index in [1.165, 1.54) is 5.56 Å². The van der Waals surface area contributed by atoms with Crippen LogP contribution in [0.5, 0.6) is 11.5 Å². The van der Waals surface area contributed by atoms with Crippen LogP contribution in [-0.2, 0) is 6.54 Å². The molecule has 1 aliphatic rings. The predicted octanol–water partition coefficient (Wildman–Crippen LogP) is 2.33. The minimum atomic E-state index is 0.293. The zero-order valence-electron chi connectivity index (χ0n) is 12.1. The van der Waals surface area contributed by atoms with Crippen LogP contribution < -0.4 is 14.8 Å². The average Bonchev–Trinajstić information content (AvgIpc) is 3.01. The van der Waals surface area contributed by atoms with Crippen molar-refractivity contribution in [3.8, 4) is 17.2 Å². The van der Waals surface area contributed by atoms with E-state index in [2.05, 4.69) is 24.3 Å².